The molecule has 0 aliphatic carbocycles. The Morgan fingerprint density at radius 1 is 1.53 bits per heavy atom. The topological polar surface area (TPSA) is 90.9 Å². The van der Waals surface area contributed by atoms with Crippen LogP contribution in [0.25, 0.3) is 11.2 Å². The molecule has 0 saturated carbocycles. The van der Waals surface area contributed by atoms with E-state index in [1.54, 1.807) is 29.8 Å². The van der Waals surface area contributed by atoms with Crippen LogP contribution in [0.2, 0.25) is 0 Å². The summed E-state index contributed by atoms with van der Waals surface area (Å²) in [5.74, 6) is 0.300. The monoisotopic (exact) mass is 254 g/mol. The number of anilines is 1. The van der Waals surface area contributed by atoms with Crippen molar-refractivity contribution in [2.45, 2.75) is 13.0 Å². The summed E-state index contributed by atoms with van der Waals surface area (Å²) in [5, 5.41) is 0. The molecule has 6 nitrogen and oxygen atoms in total. The molecule has 2 aromatic rings. The number of nitrogens with two attached hydrogens (primary N) is 1. The lowest BCUT2D eigenvalue weighted by molar-refractivity contribution is 0.570. The van der Waals surface area contributed by atoms with Gasteiger partial charge in [-0.25, -0.2) is 18.4 Å². The summed E-state index contributed by atoms with van der Waals surface area (Å²) < 4.78 is 24.2. The van der Waals surface area contributed by atoms with Crippen LogP contribution in [-0.2, 0) is 9.84 Å². The van der Waals surface area contributed by atoms with Gasteiger partial charge in [-0.1, -0.05) is 0 Å². The van der Waals surface area contributed by atoms with Gasteiger partial charge in [-0.05, 0) is 19.1 Å². The molecule has 2 aromatic heterocycles. The van der Waals surface area contributed by atoms with Gasteiger partial charge in [0, 0.05) is 18.5 Å². The number of pyridine rings is 1. The van der Waals surface area contributed by atoms with Crippen LogP contribution in [0.1, 0.15) is 13.0 Å². The van der Waals surface area contributed by atoms with Gasteiger partial charge in [0.25, 0.3) is 0 Å². The second-order valence-electron chi connectivity index (χ2n) is 4.13. The molecule has 1 atom stereocenters. The van der Waals surface area contributed by atoms with Crippen molar-refractivity contribution in [3.63, 3.8) is 0 Å². The normalized spacial score (nSPS) is 14.0. The molecular formula is C10H14N4O2S. The second kappa shape index (κ2) is 3.99. The maximum atomic E-state index is 11.3. The van der Waals surface area contributed by atoms with Crippen molar-refractivity contribution in [3.8, 4) is 0 Å². The van der Waals surface area contributed by atoms with Crippen LogP contribution in [-0.4, -0.2) is 35.0 Å². The number of aromatic nitrogens is 3. The van der Waals surface area contributed by atoms with Gasteiger partial charge in [0.05, 0.1) is 5.75 Å². The molecule has 0 aromatic carbocycles. The Morgan fingerprint density at radius 3 is 2.88 bits per heavy atom. The summed E-state index contributed by atoms with van der Waals surface area (Å²) >= 11 is 0. The first-order valence-electron chi connectivity index (χ1n) is 5.14. The zero-order chi connectivity index (χ0) is 12.6. The molecule has 0 bridgehead atoms. The van der Waals surface area contributed by atoms with E-state index in [9.17, 15) is 8.42 Å². The molecule has 17 heavy (non-hydrogen) atoms. The average molecular weight is 254 g/mol. The fraction of sp³-hybridized carbons (Fsp3) is 0.400. The van der Waals surface area contributed by atoms with Gasteiger partial charge in [-0.3, -0.25) is 4.57 Å². The molecule has 0 aliphatic heterocycles. The van der Waals surface area contributed by atoms with Crippen LogP contribution in [0.5, 0.6) is 0 Å². The number of nitrogen functional groups attached to an aromatic ring is 1. The predicted molar refractivity (Wildman–Crippen MR) is 66.4 cm³/mol. The van der Waals surface area contributed by atoms with Crippen LogP contribution in [0.3, 0.4) is 0 Å². The van der Waals surface area contributed by atoms with E-state index >= 15 is 0 Å². The molecule has 0 fully saturated rings. The summed E-state index contributed by atoms with van der Waals surface area (Å²) in [6.45, 7) is 1.78. The van der Waals surface area contributed by atoms with Crippen molar-refractivity contribution in [1.29, 1.82) is 0 Å². The van der Waals surface area contributed by atoms with Crippen molar-refractivity contribution < 1.29 is 8.42 Å². The minimum Gasteiger partial charge on any atom is -0.369 e. The molecule has 0 radical (unpaired) electrons. The predicted octanol–water partition coefficient (Wildman–Crippen LogP) is 0.619. The third-order valence-corrected chi connectivity index (χ3v) is 3.55. The van der Waals surface area contributed by atoms with Crippen LogP contribution in [0.15, 0.2) is 18.3 Å². The fourth-order valence-electron chi connectivity index (χ4n) is 1.89. The van der Waals surface area contributed by atoms with Gasteiger partial charge < -0.3 is 5.73 Å². The maximum Gasteiger partial charge on any atom is 0.202 e. The molecule has 2 heterocycles. The third-order valence-electron chi connectivity index (χ3n) is 2.46. The van der Waals surface area contributed by atoms with E-state index in [1.807, 2.05) is 0 Å². The van der Waals surface area contributed by atoms with Crippen molar-refractivity contribution in [1.82, 2.24) is 14.5 Å². The van der Waals surface area contributed by atoms with Crippen molar-refractivity contribution in [2.24, 2.45) is 0 Å². The van der Waals surface area contributed by atoms with Gasteiger partial charge in [-0.2, -0.15) is 0 Å². The van der Waals surface area contributed by atoms with Crippen LogP contribution >= 0.6 is 0 Å². The average Bonchev–Trinajstić information content (AvgIpc) is 2.50. The van der Waals surface area contributed by atoms with Gasteiger partial charge in [0.1, 0.15) is 15.4 Å². The fourth-order valence-corrected chi connectivity index (χ4v) is 2.92. The van der Waals surface area contributed by atoms with E-state index in [0.717, 1.165) is 0 Å². The number of rotatable bonds is 3. The van der Waals surface area contributed by atoms with Gasteiger partial charge in [-0.15, -0.1) is 0 Å². The van der Waals surface area contributed by atoms with Crippen LogP contribution in [0, 0.1) is 0 Å². The molecule has 2 N–H and O–H groups in total. The van der Waals surface area contributed by atoms with Crippen molar-refractivity contribution in [3.05, 3.63) is 18.3 Å². The molecule has 0 spiro atoms. The zero-order valence-electron chi connectivity index (χ0n) is 9.66. The Labute approximate surface area is 99.4 Å². The van der Waals surface area contributed by atoms with Gasteiger partial charge >= 0.3 is 0 Å². The van der Waals surface area contributed by atoms with E-state index in [-0.39, 0.29) is 17.7 Å². The third kappa shape index (κ3) is 2.38. The first-order chi connectivity index (χ1) is 7.88. The summed E-state index contributed by atoms with van der Waals surface area (Å²) in [4.78, 5) is 8.33. The Hall–Kier alpha value is -1.63. The number of sulfone groups is 1. The number of fused-ring (bicyclic) bond motifs is 1. The summed E-state index contributed by atoms with van der Waals surface area (Å²) in [7, 11) is -3.07. The van der Waals surface area contributed by atoms with E-state index in [2.05, 4.69) is 9.97 Å². The second-order valence-corrected chi connectivity index (χ2v) is 6.31. The van der Waals surface area contributed by atoms with E-state index in [0.29, 0.717) is 11.2 Å². The summed E-state index contributed by atoms with van der Waals surface area (Å²) in [6.07, 6.45) is 2.83. The van der Waals surface area contributed by atoms with Crippen molar-refractivity contribution >= 4 is 26.9 Å². The quantitative estimate of drug-likeness (QED) is 0.867. The smallest absolute Gasteiger partial charge is 0.202 e. The summed E-state index contributed by atoms with van der Waals surface area (Å²) in [5.41, 5.74) is 7.07. The number of hydrogen-bond donors (Lipinski definition) is 1. The van der Waals surface area contributed by atoms with Crippen molar-refractivity contribution in [2.75, 3.05) is 17.7 Å². The maximum absolute atomic E-state index is 11.3. The Kier molecular flexibility index (Phi) is 2.78. The lowest BCUT2D eigenvalue weighted by atomic mass is 10.3. The Bertz CT molecular complexity index is 647. The highest BCUT2D eigenvalue weighted by atomic mass is 32.2. The number of hydrogen-bond acceptors (Lipinski definition) is 5. The lowest BCUT2D eigenvalue weighted by Gasteiger charge is -2.13. The van der Waals surface area contributed by atoms with Crippen LogP contribution < -0.4 is 5.73 Å². The first-order valence-corrected chi connectivity index (χ1v) is 7.20. The van der Waals surface area contributed by atoms with E-state index < -0.39 is 9.84 Å². The standard InChI is InChI=1S/C10H14N4O2S/c1-7(6-17(2,15)16)14-9-8(13-10(14)11)4-3-5-12-9/h3-5,7H,6H2,1-2H3,(H2,11,13). The molecule has 0 aliphatic rings. The minimum absolute atomic E-state index is 0.0131. The zero-order valence-corrected chi connectivity index (χ0v) is 10.5. The molecule has 1 unspecified atom stereocenters. The van der Waals surface area contributed by atoms with Gasteiger partial charge in [0.15, 0.2) is 5.65 Å². The Morgan fingerprint density at radius 2 is 2.24 bits per heavy atom. The van der Waals surface area contributed by atoms with Gasteiger partial charge in [0.2, 0.25) is 5.95 Å². The highest BCUT2D eigenvalue weighted by Crippen LogP contribution is 2.21. The van der Waals surface area contributed by atoms with E-state index in [1.165, 1.54) is 6.26 Å². The summed E-state index contributed by atoms with van der Waals surface area (Å²) in [6, 6.07) is 3.27. The molecule has 7 heteroatoms. The molecule has 0 saturated heterocycles. The largest absolute Gasteiger partial charge is 0.369 e. The highest BCUT2D eigenvalue weighted by Gasteiger charge is 2.18. The lowest BCUT2D eigenvalue weighted by Crippen LogP contribution is -2.18. The molecule has 92 valence electrons. The Balaban J connectivity index is 2.51. The number of imidazole rings is 1. The minimum atomic E-state index is -3.07. The van der Waals surface area contributed by atoms with E-state index in [4.69, 9.17) is 5.73 Å². The molecule has 0 amide bonds. The highest BCUT2D eigenvalue weighted by molar-refractivity contribution is 7.90. The first kappa shape index (κ1) is 11.8. The SMILES string of the molecule is CC(CS(C)(=O)=O)n1c(N)nc2cccnc21. The van der Waals surface area contributed by atoms with Crippen LogP contribution in [0.4, 0.5) is 5.95 Å². The molecule has 2 rings (SSSR count). The molecular weight excluding hydrogens is 240 g/mol. The number of nitrogens with zero attached hydrogens (tertiary/aromatic N) is 3.